The van der Waals surface area contributed by atoms with Crippen LogP contribution in [0, 0.1) is 6.92 Å². The van der Waals surface area contributed by atoms with Gasteiger partial charge in [-0.1, -0.05) is 0 Å². The maximum absolute atomic E-state index is 12.7. The molecule has 1 saturated heterocycles. The number of phenolic OH excluding ortho intramolecular Hbond substituents is 1. The van der Waals surface area contributed by atoms with Gasteiger partial charge >= 0.3 is 5.97 Å². The van der Waals surface area contributed by atoms with E-state index in [0.717, 1.165) is 43.4 Å². The summed E-state index contributed by atoms with van der Waals surface area (Å²) >= 11 is 1.65. The third kappa shape index (κ3) is 4.64. The Morgan fingerprint density at radius 3 is 2.78 bits per heavy atom. The molecule has 1 N–H and O–H groups in total. The fourth-order valence-electron chi connectivity index (χ4n) is 3.08. The molecule has 7 nitrogen and oxygen atoms in total. The molecule has 27 heavy (non-hydrogen) atoms. The minimum Gasteiger partial charge on any atom is -0.507 e. The normalized spacial score (nSPS) is 15.4. The number of carbonyl (C=O) groups is 2. The highest BCUT2D eigenvalue weighted by Crippen LogP contribution is 2.22. The summed E-state index contributed by atoms with van der Waals surface area (Å²) in [4.78, 5) is 33.3. The van der Waals surface area contributed by atoms with Crippen molar-refractivity contribution in [3.8, 4) is 5.75 Å². The molecule has 0 saturated carbocycles. The molecule has 1 aromatic carbocycles. The van der Waals surface area contributed by atoms with Gasteiger partial charge in [0.2, 0.25) is 0 Å². The molecule has 1 aliphatic rings. The lowest BCUT2D eigenvalue weighted by Gasteiger charge is -2.21. The van der Waals surface area contributed by atoms with Crippen molar-refractivity contribution >= 4 is 28.2 Å². The summed E-state index contributed by atoms with van der Waals surface area (Å²) in [7, 11) is 1.24. The second kappa shape index (κ2) is 8.49. The predicted octanol–water partition coefficient (Wildman–Crippen LogP) is 2.34. The van der Waals surface area contributed by atoms with Crippen molar-refractivity contribution in [1.29, 1.82) is 0 Å². The smallest absolute Gasteiger partial charge is 0.341 e. The van der Waals surface area contributed by atoms with Gasteiger partial charge in [0.05, 0.1) is 19.3 Å². The number of aryl methyl sites for hydroxylation is 1. The van der Waals surface area contributed by atoms with E-state index in [-0.39, 0.29) is 23.6 Å². The third-order valence-corrected chi connectivity index (χ3v) is 5.58. The van der Waals surface area contributed by atoms with Crippen LogP contribution in [-0.4, -0.2) is 66.6 Å². The maximum Gasteiger partial charge on any atom is 0.341 e. The van der Waals surface area contributed by atoms with Crippen molar-refractivity contribution in [2.24, 2.45) is 0 Å². The number of hydrogen-bond acceptors (Lipinski definition) is 8. The zero-order valence-electron chi connectivity index (χ0n) is 15.5. The van der Waals surface area contributed by atoms with E-state index in [4.69, 9.17) is 0 Å². The summed E-state index contributed by atoms with van der Waals surface area (Å²) in [6.45, 7) is 5.60. The second-order valence-electron chi connectivity index (χ2n) is 6.53. The van der Waals surface area contributed by atoms with Crippen LogP contribution in [0.25, 0.3) is 0 Å². The van der Waals surface area contributed by atoms with Gasteiger partial charge in [-0.05, 0) is 31.5 Å². The number of hydrogen-bond donors (Lipinski definition) is 1. The molecule has 0 amide bonds. The molecule has 8 heteroatoms. The molecule has 0 unspecified atom stereocenters. The van der Waals surface area contributed by atoms with E-state index in [0.29, 0.717) is 5.56 Å². The van der Waals surface area contributed by atoms with Gasteiger partial charge in [-0.2, -0.15) is 0 Å². The number of thiazole rings is 1. The molecule has 1 aromatic heterocycles. The molecule has 0 spiro atoms. The number of aromatic nitrogens is 1. The van der Waals surface area contributed by atoms with Gasteiger partial charge in [-0.15, -0.1) is 11.3 Å². The predicted molar refractivity (Wildman–Crippen MR) is 104 cm³/mol. The average Bonchev–Trinajstić information content (AvgIpc) is 2.96. The van der Waals surface area contributed by atoms with Gasteiger partial charge in [0, 0.05) is 37.1 Å². The number of aromatic hydroxyl groups is 1. The van der Waals surface area contributed by atoms with Crippen LogP contribution in [0.1, 0.15) is 32.8 Å². The molecule has 0 atom stereocenters. The first-order valence-electron chi connectivity index (χ1n) is 8.82. The van der Waals surface area contributed by atoms with Crippen LogP contribution in [0.3, 0.4) is 0 Å². The number of esters is 1. The average molecular weight is 389 g/mol. The lowest BCUT2D eigenvalue weighted by atomic mass is 10.1. The molecule has 1 aliphatic heterocycles. The van der Waals surface area contributed by atoms with E-state index in [1.54, 1.807) is 11.3 Å². The van der Waals surface area contributed by atoms with Crippen molar-refractivity contribution in [2.75, 3.05) is 44.7 Å². The number of methoxy groups -OCH3 is 1. The lowest BCUT2D eigenvalue weighted by Crippen LogP contribution is -2.34. The van der Waals surface area contributed by atoms with Gasteiger partial charge in [0.15, 0.2) is 10.9 Å². The zero-order chi connectivity index (χ0) is 19.4. The molecule has 1 fully saturated rings. The van der Waals surface area contributed by atoms with Gasteiger partial charge in [0.25, 0.3) is 0 Å². The molecule has 3 rings (SSSR count). The molecule has 0 aliphatic carbocycles. The Bertz CT molecular complexity index is 836. The number of nitrogens with zero attached hydrogens (tertiary/aromatic N) is 3. The summed E-state index contributed by atoms with van der Waals surface area (Å²) < 4.78 is 4.64. The van der Waals surface area contributed by atoms with Crippen LogP contribution in [0.4, 0.5) is 5.13 Å². The Morgan fingerprint density at radius 1 is 1.26 bits per heavy atom. The Balaban J connectivity index is 1.63. The first-order valence-corrected chi connectivity index (χ1v) is 9.70. The summed E-state index contributed by atoms with van der Waals surface area (Å²) in [6.07, 6.45) is 0.953. The van der Waals surface area contributed by atoms with E-state index in [9.17, 15) is 14.7 Å². The molecule has 2 heterocycles. The van der Waals surface area contributed by atoms with E-state index in [1.165, 1.54) is 25.3 Å². The number of Topliss-reactive ketones (excluding diaryl/α,β-unsaturated/α-hetero) is 1. The van der Waals surface area contributed by atoms with Crippen molar-refractivity contribution in [3.05, 3.63) is 40.4 Å². The zero-order valence-corrected chi connectivity index (χ0v) is 16.3. The van der Waals surface area contributed by atoms with Gasteiger partial charge in [0.1, 0.15) is 11.3 Å². The number of benzene rings is 1. The highest BCUT2D eigenvalue weighted by molar-refractivity contribution is 7.13. The number of phenols is 1. The van der Waals surface area contributed by atoms with Crippen LogP contribution in [-0.2, 0) is 4.74 Å². The number of carbonyl (C=O) groups excluding carboxylic acids is 2. The quantitative estimate of drug-likeness (QED) is 0.621. The Labute approximate surface area is 162 Å². The summed E-state index contributed by atoms with van der Waals surface area (Å²) in [5.74, 6) is -0.937. The first-order chi connectivity index (χ1) is 13.0. The number of ether oxygens (including phenoxy) is 1. The lowest BCUT2D eigenvalue weighted by molar-refractivity contribution is 0.0597. The van der Waals surface area contributed by atoms with Crippen LogP contribution in [0.2, 0.25) is 0 Å². The molecule has 0 bridgehead atoms. The minimum atomic E-state index is -0.661. The van der Waals surface area contributed by atoms with E-state index in [1.807, 2.05) is 12.3 Å². The summed E-state index contributed by atoms with van der Waals surface area (Å²) in [6, 6.07) is 4.28. The van der Waals surface area contributed by atoms with Crippen molar-refractivity contribution in [3.63, 3.8) is 0 Å². The summed E-state index contributed by atoms with van der Waals surface area (Å²) in [5.41, 5.74) is 1.43. The third-order valence-electron chi connectivity index (χ3n) is 4.56. The number of rotatable bonds is 5. The molecular weight excluding hydrogens is 366 g/mol. The van der Waals surface area contributed by atoms with E-state index in [2.05, 4.69) is 19.5 Å². The highest BCUT2D eigenvalue weighted by atomic mass is 32.1. The van der Waals surface area contributed by atoms with Crippen LogP contribution >= 0.6 is 11.3 Å². The standard InChI is InChI=1S/C19H23N3O4S/c1-13-12-27-19(20-13)22-7-3-6-21(8-9-22)11-17(24)14-4-5-16(23)15(10-14)18(25)26-2/h4-5,10,12,23H,3,6-9,11H2,1-2H3. The number of ketones is 1. The number of anilines is 1. The van der Waals surface area contributed by atoms with Crippen molar-refractivity contribution < 1.29 is 19.4 Å². The summed E-state index contributed by atoms with van der Waals surface area (Å²) in [5, 5.41) is 12.9. The molecule has 144 valence electrons. The molecule has 0 radical (unpaired) electrons. The Morgan fingerprint density at radius 2 is 2.07 bits per heavy atom. The Hall–Kier alpha value is -2.45. The topological polar surface area (TPSA) is 83.0 Å². The van der Waals surface area contributed by atoms with Crippen LogP contribution in [0.5, 0.6) is 5.75 Å². The molecule has 2 aromatic rings. The van der Waals surface area contributed by atoms with E-state index < -0.39 is 5.97 Å². The van der Waals surface area contributed by atoms with Gasteiger partial charge in [-0.25, -0.2) is 9.78 Å². The van der Waals surface area contributed by atoms with Gasteiger partial charge < -0.3 is 14.7 Å². The first kappa shape index (κ1) is 19.3. The SMILES string of the molecule is COC(=O)c1cc(C(=O)CN2CCCN(c3nc(C)cs3)CC2)ccc1O. The van der Waals surface area contributed by atoms with Crippen molar-refractivity contribution in [2.45, 2.75) is 13.3 Å². The van der Waals surface area contributed by atoms with Gasteiger partial charge in [-0.3, -0.25) is 9.69 Å². The highest BCUT2D eigenvalue weighted by Gasteiger charge is 2.21. The van der Waals surface area contributed by atoms with Crippen LogP contribution < -0.4 is 4.90 Å². The van der Waals surface area contributed by atoms with Crippen LogP contribution in [0.15, 0.2) is 23.6 Å². The Kier molecular flexibility index (Phi) is 6.08. The fraction of sp³-hybridized carbons (Fsp3) is 0.421. The minimum absolute atomic E-state index is 0.00420. The fourth-order valence-corrected chi connectivity index (χ4v) is 3.94. The largest absolute Gasteiger partial charge is 0.507 e. The van der Waals surface area contributed by atoms with Crippen molar-refractivity contribution in [1.82, 2.24) is 9.88 Å². The molecular formula is C19H23N3O4S. The van der Waals surface area contributed by atoms with E-state index >= 15 is 0 Å². The second-order valence-corrected chi connectivity index (χ2v) is 7.37. The monoisotopic (exact) mass is 389 g/mol. The maximum atomic E-state index is 12.7.